The van der Waals surface area contributed by atoms with Crippen LogP contribution in [-0.2, 0) is 22.9 Å². The second-order valence-corrected chi connectivity index (χ2v) is 11.6. The molecule has 0 amide bonds. The van der Waals surface area contributed by atoms with Crippen molar-refractivity contribution < 1.29 is 42.5 Å². The molecule has 0 aromatic heterocycles. The van der Waals surface area contributed by atoms with Gasteiger partial charge in [0, 0.05) is 13.2 Å². The number of unbranched alkanes of at least 4 members (excludes halogenated alkanes) is 2. The van der Waals surface area contributed by atoms with Crippen LogP contribution >= 0.6 is 15.6 Å². The summed E-state index contributed by atoms with van der Waals surface area (Å²) in [5, 5.41) is 0. The normalized spacial score (nSPS) is 13.6. The van der Waals surface area contributed by atoms with E-state index in [1.165, 1.54) is 0 Å². The predicted molar refractivity (Wildman–Crippen MR) is 130 cm³/mol. The minimum Gasteiger partial charge on any atom is -0.381 e. The molecule has 0 aliphatic carbocycles. The van der Waals surface area contributed by atoms with Gasteiger partial charge in [0.15, 0.2) is 0 Å². The maximum Gasteiger partial charge on any atom is 0.469 e. The highest BCUT2D eigenvalue weighted by molar-refractivity contribution is 7.46. The molecule has 0 fully saturated rings. The Bertz CT molecular complexity index is 530. The fraction of sp³-hybridized carbons (Fsp3) is 1.00. The van der Waals surface area contributed by atoms with Gasteiger partial charge < -0.3 is 24.3 Å². The summed E-state index contributed by atoms with van der Waals surface area (Å²) < 4.78 is 36.9. The van der Waals surface area contributed by atoms with Gasteiger partial charge >= 0.3 is 15.6 Å². The van der Waals surface area contributed by atoms with Crippen LogP contribution in [0, 0.1) is 10.8 Å². The Balaban J connectivity index is 4.09. The molecule has 0 bridgehead atoms. The molecule has 9 nitrogen and oxygen atoms in total. The monoisotopic (exact) mass is 518 g/mol. The van der Waals surface area contributed by atoms with Crippen LogP contribution in [0.5, 0.6) is 0 Å². The Hall–Kier alpha value is 0.180. The molecule has 0 unspecified atom stereocenters. The minimum absolute atomic E-state index is 0.0440. The lowest BCUT2D eigenvalue weighted by atomic mass is 9.75. The number of hydrogen-bond donors (Lipinski definition) is 4. The summed E-state index contributed by atoms with van der Waals surface area (Å²) in [6.45, 7) is 10.0. The first-order valence-electron chi connectivity index (χ1n) is 12.3. The quantitative estimate of drug-likeness (QED) is 0.101. The Morgan fingerprint density at radius 1 is 0.545 bits per heavy atom. The van der Waals surface area contributed by atoms with Gasteiger partial charge in [-0.15, -0.1) is 0 Å². The molecule has 4 N–H and O–H groups in total. The number of phosphoric acid groups is 2. The van der Waals surface area contributed by atoms with Crippen molar-refractivity contribution in [2.45, 2.75) is 105 Å². The second-order valence-electron chi connectivity index (χ2n) is 9.09. The topological polar surface area (TPSA) is 143 Å². The van der Waals surface area contributed by atoms with E-state index in [0.29, 0.717) is 26.1 Å². The van der Waals surface area contributed by atoms with E-state index in [4.69, 9.17) is 24.3 Å². The van der Waals surface area contributed by atoms with Gasteiger partial charge in [0.25, 0.3) is 0 Å². The predicted octanol–water partition coefficient (Wildman–Crippen LogP) is 5.96. The van der Waals surface area contributed by atoms with Gasteiger partial charge in [-0.3, -0.25) is 9.05 Å². The molecule has 33 heavy (non-hydrogen) atoms. The summed E-state index contributed by atoms with van der Waals surface area (Å²) >= 11 is 0. The molecular weight excluding hydrogens is 470 g/mol. The van der Waals surface area contributed by atoms with Crippen molar-refractivity contribution >= 4 is 15.6 Å². The zero-order valence-corrected chi connectivity index (χ0v) is 22.8. The summed E-state index contributed by atoms with van der Waals surface area (Å²) in [7, 11) is -8.82. The highest BCUT2D eigenvalue weighted by atomic mass is 31.2. The van der Waals surface area contributed by atoms with Crippen molar-refractivity contribution in [1.29, 1.82) is 0 Å². The molecule has 200 valence electrons. The highest BCUT2D eigenvalue weighted by Gasteiger charge is 2.28. The summed E-state index contributed by atoms with van der Waals surface area (Å²) in [5.74, 6) is 0. The third kappa shape index (κ3) is 16.5. The maximum absolute atomic E-state index is 10.9. The van der Waals surface area contributed by atoms with Crippen LogP contribution < -0.4 is 0 Å². The number of hydrogen-bond acceptors (Lipinski definition) is 5. The van der Waals surface area contributed by atoms with Crippen LogP contribution in [0.15, 0.2) is 0 Å². The van der Waals surface area contributed by atoms with E-state index in [1.54, 1.807) is 0 Å². The Kier molecular flexibility index (Phi) is 16.9. The second kappa shape index (κ2) is 16.8. The van der Waals surface area contributed by atoms with E-state index in [9.17, 15) is 9.13 Å². The molecular formula is C22H48O9P2. The molecule has 0 radical (unpaired) electrons. The van der Waals surface area contributed by atoms with Gasteiger partial charge in [0.05, 0.1) is 13.2 Å². The fourth-order valence-electron chi connectivity index (χ4n) is 4.44. The number of rotatable bonds is 22. The fourth-order valence-corrected chi connectivity index (χ4v) is 5.09. The summed E-state index contributed by atoms with van der Waals surface area (Å²) in [6, 6.07) is 0. The SMILES string of the molecule is CCC(CC)(CCCCOCCCCC(CC)(CC)CCOP(=O)(O)O)CCOP(=O)(O)O. The minimum atomic E-state index is -4.41. The summed E-state index contributed by atoms with van der Waals surface area (Å²) in [6.07, 6.45) is 11.0. The molecule has 0 aromatic carbocycles. The standard InChI is InChI=1S/C22H48O9P2/c1-5-21(6-2,15-19-30-32(23,24)25)13-9-11-17-29-18-12-10-14-22(7-3,8-4)16-20-31-33(26,27)28/h5-20H2,1-4H3,(H2,23,24,25)(H2,26,27,28). The van der Waals surface area contributed by atoms with Gasteiger partial charge in [-0.05, 0) is 49.4 Å². The first-order chi connectivity index (χ1) is 15.4. The Morgan fingerprint density at radius 2 is 0.879 bits per heavy atom. The van der Waals surface area contributed by atoms with Gasteiger partial charge in [-0.2, -0.15) is 0 Å². The van der Waals surface area contributed by atoms with E-state index in [2.05, 4.69) is 36.7 Å². The average molecular weight is 519 g/mol. The Labute approximate surface area is 200 Å². The van der Waals surface area contributed by atoms with Crippen LogP contribution in [-0.4, -0.2) is 46.0 Å². The average Bonchev–Trinajstić information content (AvgIpc) is 2.74. The highest BCUT2D eigenvalue weighted by Crippen LogP contribution is 2.42. The first-order valence-corrected chi connectivity index (χ1v) is 15.4. The van der Waals surface area contributed by atoms with Crippen molar-refractivity contribution in [3.05, 3.63) is 0 Å². The van der Waals surface area contributed by atoms with Crippen LogP contribution in [0.4, 0.5) is 0 Å². The van der Waals surface area contributed by atoms with Crippen LogP contribution in [0.2, 0.25) is 0 Å². The maximum atomic E-state index is 10.9. The molecule has 0 heterocycles. The van der Waals surface area contributed by atoms with Crippen molar-refractivity contribution in [3.63, 3.8) is 0 Å². The Morgan fingerprint density at radius 3 is 1.15 bits per heavy atom. The number of phosphoric ester groups is 2. The smallest absolute Gasteiger partial charge is 0.381 e. The molecule has 11 heteroatoms. The number of ether oxygens (including phenoxy) is 1. The molecule has 0 spiro atoms. The van der Waals surface area contributed by atoms with Crippen molar-refractivity contribution in [2.75, 3.05) is 26.4 Å². The molecule has 0 rings (SSSR count). The molecule has 0 saturated carbocycles. The lowest BCUT2D eigenvalue weighted by Crippen LogP contribution is -2.21. The van der Waals surface area contributed by atoms with Crippen molar-refractivity contribution in [1.82, 2.24) is 0 Å². The molecule has 0 aliphatic rings. The molecule has 0 atom stereocenters. The first kappa shape index (κ1) is 33.2. The van der Waals surface area contributed by atoms with Crippen molar-refractivity contribution in [2.24, 2.45) is 10.8 Å². The third-order valence-corrected chi connectivity index (χ3v) is 8.31. The van der Waals surface area contributed by atoms with Gasteiger partial charge in [0.1, 0.15) is 0 Å². The summed E-state index contributed by atoms with van der Waals surface area (Å²) in [4.78, 5) is 35.5. The van der Waals surface area contributed by atoms with E-state index >= 15 is 0 Å². The van der Waals surface area contributed by atoms with E-state index < -0.39 is 15.6 Å². The van der Waals surface area contributed by atoms with E-state index in [1.807, 2.05) is 0 Å². The largest absolute Gasteiger partial charge is 0.469 e. The van der Waals surface area contributed by atoms with Gasteiger partial charge in [0.2, 0.25) is 0 Å². The van der Waals surface area contributed by atoms with Crippen LogP contribution in [0.25, 0.3) is 0 Å². The van der Waals surface area contributed by atoms with Gasteiger partial charge in [-0.1, -0.05) is 66.2 Å². The van der Waals surface area contributed by atoms with Crippen LogP contribution in [0.1, 0.15) is 105 Å². The molecule has 0 aliphatic heterocycles. The van der Waals surface area contributed by atoms with E-state index in [0.717, 1.165) is 64.2 Å². The molecule has 0 saturated heterocycles. The lowest BCUT2D eigenvalue weighted by Gasteiger charge is -2.32. The van der Waals surface area contributed by atoms with Gasteiger partial charge in [-0.25, -0.2) is 9.13 Å². The summed E-state index contributed by atoms with van der Waals surface area (Å²) in [5.41, 5.74) is 0.0879. The van der Waals surface area contributed by atoms with Crippen LogP contribution in [0.3, 0.4) is 0 Å². The van der Waals surface area contributed by atoms with E-state index in [-0.39, 0.29) is 24.0 Å². The molecule has 0 aromatic rings. The third-order valence-electron chi connectivity index (χ3n) is 7.28. The zero-order chi connectivity index (χ0) is 25.4. The zero-order valence-electron chi connectivity index (χ0n) is 21.0. The van der Waals surface area contributed by atoms with Crippen molar-refractivity contribution in [3.8, 4) is 0 Å². The lowest BCUT2D eigenvalue weighted by molar-refractivity contribution is 0.105.